The van der Waals surface area contributed by atoms with Gasteiger partial charge in [0.15, 0.2) is 0 Å². The van der Waals surface area contributed by atoms with Crippen LogP contribution in [-0.2, 0) is 9.59 Å². The van der Waals surface area contributed by atoms with Crippen molar-refractivity contribution >= 4 is 33.4 Å². The van der Waals surface area contributed by atoms with Gasteiger partial charge in [0.2, 0.25) is 11.8 Å². The first-order chi connectivity index (χ1) is 13.7. The Morgan fingerprint density at radius 1 is 1.07 bits per heavy atom. The maximum absolute atomic E-state index is 13.0. The van der Waals surface area contributed by atoms with Gasteiger partial charge in [-0.15, -0.1) is 11.3 Å². The van der Waals surface area contributed by atoms with Gasteiger partial charge in [0.25, 0.3) is 0 Å². The van der Waals surface area contributed by atoms with E-state index >= 15 is 0 Å². The van der Waals surface area contributed by atoms with Crippen molar-refractivity contribution in [2.45, 2.75) is 56.9 Å². The molecule has 6 heteroatoms. The third-order valence-electron chi connectivity index (χ3n) is 6.74. The Kier molecular flexibility index (Phi) is 4.83. The van der Waals surface area contributed by atoms with Crippen LogP contribution in [0.1, 0.15) is 55.9 Å². The summed E-state index contributed by atoms with van der Waals surface area (Å²) in [5.74, 6) is 0.694. The lowest BCUT2D eigenvalue weighted by atomic mass is 9.96. The predicted octanol–water partition coefficient (Wildman–Crippen LogP) is 3.79. The molecule has 1 aromatic heterocycles. The Balaban J connectivity index is 1.19. The lowest BCUT2D eigenvalue weighted by Crippen LogP contribution is -2.42. The smallest absolute Gasteiger partial charge is 0.227 e. The van der Waals surface area contributed by atoms with Crippen molar-refractivity contribution in [3.05, 3.63) is 29.3 Å². The average molecular weight is 398 g/mol. The summed E-state index contributed by atoms with van der Waals surface area (Å²) in [6, 6.07) is 8.67. The molecular formula is C22H27N3O2S. The molecule has 3 fully saturated rings. The number of benzene rings is 1. The summed E-state index contributed by atoms with van der Waals surface area (Å²) in [6.45, 7) is 2.21. The Labute approximate surface area is 169 Å². The molecule has 3 aliphatic rings. The first-order valence-electron chi connectivity index (χ1n) is 10.6. The van der Waals surface area contributed by atoms with E-state index in [1.54, 1.807) is 11.3 Å². The van der Waals surface area contributed by atoms with Crippen molar-refractivity contribution in [3.63, 3.8) is 0 Å². The quantitative estimate of drug-likeness (QED) is 0.792. The molecule has 2 aromatic rings. The normalized spacial score (nSPS) is 24.6. The van der Waals surface area contributed by atoms with Crippen molar-refractivity contribution in [1.29, 1.82) is 0 Å². The fourth-order valence-corrected chi connectivity index (χ4v) is 6.27. The molecule has 1 atom stereocenters. The van der Waals surface area contributed by atoms with Crippen LogP contribution in [0.5, 0.6) is 0 Å². The first-order valence-corrected chi connectivity index (χ1v) is 11.4. The van der Waals surface area contributed by atoms with Crippen LogP contribution >= 0.6 is 11.3 Å². The van der Waals surface area contributed by atoms with E-state index in [9.17, 15) is 9.59 Å². The molecule has 2 saturated heterocycles. The van der Waals surface area contributed by atoms with Gasteiger partial charge in [0, 0.05) is 38.0 Å². The van der Waals surface area contributed by atoms with Gasteiger partial charge in [-0.05, 0) is 37.8 Å². The molecule has 1 saturated carbocycles. The van der Waals surface area contributed by atoms with Crippen LogP contribution in [0, 0.1) is 5.92 Å². The molecule has 148 valence electrons. The third kappa shape index (κ3) is 3.32. The lowest BCUT2D eigenvalue weighted by Gasteiger charge is -2.33. The molecule has 0 spiro atoms. The molecule has 0 N–H and O–H groups in total. The summed E-state index contributed by atoms with van der Waals surface area (Å²) in [7, 11) is 0. The number of rotatable bonds is 3. The molecule has 3 heterocycles. The van der Waals surface area contributed by atoms with Gasteiger partial charge in [0.05, 0.1) is 21.1 Å². The number of para-hydroxylation sites is 1. The third-order valence-corrected chi connectivity index (χ3v) is 7.94. The van der Waals surface area contributed by atoms with Crippen LogP contribution in [0.3, 0.4) is 0 Å². The van der Waals surface area contributed by atoms with Crippen LogP contribution in [0.4, 0.5) is 0 Å². The van der Waals surface area contributed by atoms with Gasteiger partial charge >= 0.3 is 0 Å². The van der Waals surface area contributed by atoms with E-state index in [2.05, 4.69) is 18.2 Å². The van der Waals surface area contributed by atoms with Gasteiger partial charge in [-0.25, -0.2) is 4.98 Å². The molecule has 2 aliphatic heterocycles. The summed E-state index contributed by atoms with van der Waals surface area (Å²) in [5.41, 5.74) is 1.08. The molecule has 5 nitrogen and oxygen atoms in total. The molecule has 1 aliphatic carbocycles. The number of fused-ring (bicyclic) bond motifs is 1. The Morgan fingerprint density at radius 2 is 1.82 bits per heavy atom. The number of nitrogens with zero attached hydrogens (tertiary/aromatic N) is 3. The van der Waals surface area contributed by atoms with Crippen molar-refractivity contribution < 1.29 is 9.59 Å². The Bertz CT molecular complexity index is 848. The lowest BCUT2D eigenvalue weighted by molar-refractivity contribution is -0.136. The van der Waals surface area contributed by atoms with Crippen LogP contribution in [0.15, 0.2) is 24.3 Å². The predicted molar refractivity (Wildman–Crippen MR) is 110 cm³/mol. The van der Waals surface area contributed by atoms with Gasteiger partial charge < -0.3 is 9.80 Å². The van der Waals surface area contributed by atoms with E-state index in [-0.39, 0.29) is 17.7 Å². The molecule has 28 heavy (non-hydrogen) atoms. The van der Waals surface area contributed by atoms with E-state index in [1.807, 2.05) is 15.9 Å². The maximum Gasteiger partial charge on any atom is 0.227 e. The molecule has 2 amide bonds. The number of carbonyl (C=O) groups excluding carboxylic acids is 2. The highest BCUT2D eigenvalue weighted by atomic mass is 32.1. The largest absolute Gasteiger partial charge is 0.342 e. The summed E-state index contributed by atoms with van der Waals surface area (Å²) < 4.78 is 1.24. The first kappa shape index (κ1) is 18.1. The molecular weight excluding hydrogens is 370 g/mol. The summed E-state index contributed by atoms with van der Waals surface area (Å²) in [5, 5.41) is 1.21. The highest BCUT2D eigenvalue weighted by molar-refractivity contribution is 7.18. The van der Waals surface area contributed by atoms with Crippen LogP contribution in [0.2, 0.25) is 0 Å². The maximum atomic E-state index is 13.0. The van der Waals surface area contributed by atoms with Crippen molar-refractivity contribution in [2.24, 2.45) is 5.92 Å². The fraction of sp³-hybridized carbons (Fsp3) is 0.591. The number of piperidine rings is 1. The number of aromatic nitrogens is 1. The minimum Gasteiger partial charge on any atom is -0.342 e. The summed E-state index contributed by atoms with van der Waals surface area (Å²) in [6.07, 6.45) is 7.00. The fourth-order valence-electron chi connectivity index (χ4n) is 5.14. The number of likely N-dealkylation sites (tertiary alicyclic amines) is 2. The molecule has 5 rings (SSSR count). The van der Waals surface area contributed by atoms with Gasteiger partial charge in [0.1, 0.15) is 0 Å². The van der Waals surface area contributed by atoms with Crippen LogP contribution in [-0.4, -0.2) is 52.3 Å². The zero-order valence-electron chi connectivity index (χ0n) is 16.2. The Hall–Kier alpha value is -1.95. The van der Waals surface area contributed by atoms with E-state index in [0.717, 1.165) is 44.3 Å². The number of amides is 2. The average Bonchev–Trinajstić information content (AvgIpc) is 3.46. The molecule has 0 bridgehead atoms. The molecule has 0 radical (unpaired) electrons. The van der Waals surface area contributed by atoms with Crippen LogP contribution in [0.25, 0.3) is 10.2 Å². The van der Waals surface area contributed by atoms with E-state index in [0.29, 0.717) is 24.9 Å². The van der Waals surface area contributed by atoms with Crippen molar-refractivity contribution in [2.75, 3.05) is 19.6 Å². The number of thiazole rings is 1. The van der Waals surface area contributed by atoms with Crippen molar-refractivity contribution in [3.8, 4) is 0 Å². The number of hydrogen-bond acceptors (Lipinski definition) is 4. The van der Waals surface area contributed by atoms with Crippen LogP contribution < -0.4 is 0 Å². The minimum atomic E-state index is -0.132. The van der Waals surface area contributed by atoms with E-state index < -0.39 is 0 Å². The Morgan fingerprint density at radius 3 is 2.57 bits per heavy atom. The second-order valence-corrected chi connectivity index (χ2v) is 9.57. The van der Waals surface area contributed by atoms with Gasteiger partial charge in [-0.2, -0.15) is 0 Å². The summed E-state index contributed by atoms with van der Waals surface area (Å²) >= 11 is 1.79. The van der Waals surface area contributed by atoms with Gasteiger partial charge in [-0.1, -0.05) is 25.0 Å². The topological polar surface area (TPSA) is 53.5 Å². The highest BCUT2D eigenvalue weighted by Gasteiger charge is 2.40. The second kappa shape index (κ2) is 7.47. The minimum absolute atomic E-state index is 0.132. The van der Waals surface area contributed by atoms with E-state index in [1.165, 1.54) is 22.5 Å². The zero-order chi connectivity index (χ0) is 19.1. The van der Waals surface area contributed by atoms with Crippen molar-refractivity contribution in [1.82, 2.24) is 14.8 Å². The van der Waals surface area contributed by atoms with Gasteiger partial charge in [-0.3, -0.25) is 9.59 Å². The molecule has 0 unspecified atom stereocenters. The number of hydrogen-bond donors (Lipinski definition) is 0. The monoisotopic (exact) mass is 397 g/mol. The van der Waals surface area contributed by atoms with E-state index in [4.69, 9.17) is 4.98 Å². The number of carbonyl (C=O) groups is 2. The molecule has 1 aromatic carbocycles. The second-order valence-electron chi connectivity index (χ2n) is 8.50. The summed E-state index contributed by atoms with van der Waals surface area (Å²) in [4.78, 5) is 34.3. The standard InChI is InChI=1S/C22H27N3O2S/c26-20-13-16(14-25(20)17-5-1-2-6-17)22(27)24-11-9-15(10-12-24)21-23-18-7-3-4-8-19(18)28-21/h3-4,7-8,15-17H,1-2,5-6,9-14H2/t16-/m0/s1. The highest BCUT2D eigenvalue weighted by Crippen LogP contribution is 2.35. The zero-order valence-corrected chi connectivity index (χ0v) is 17.0. The SMILES string of the molecule is O=C([C@H]1CC(=O)N(C2CCCC2)C1)N1CCC(c2nc3ccccc3s2)CC1.